The van der Waals surface area contributed by atoms with E-state index in [0.717, 1.165) is 6.20 Å². The van der Waals surface area contributed by atoms with Gasteiger partial charge in [0, 0.05) is 31.2 Å². The van der Waals surface area contributed by atoms with E-state index in [4.69, 9.17) is 4.74 Å². The Bertz CT molecular complexity index is 667. The zero-order chi connectivity index (χ0) is 16.3. The van der Waals surface area contributed by atoms with Gasteiger partial charge in [-0.25, -0.2) is 4.79 Å². The molecule has 118 valence electrons. The van der Waals surface area contributed by atoms with Crippen molar-refractivity contribution in [1.29, 1.82) is 0 Å². The highest BCUT2D eigenvalue weighted by molar-refractivity contribution is 5.91. The van der Waals surface area contributed by atoms with Crippen molar-refractivity contribution in [3.63, 3.8) is 0 Å². The van der Waals surface area contributed by atoms with Crippen LogP contribution in [0.15, 0.2) is 30.9 Å². The first kappa shape index (κ1) is 16.0. The van der Waals surface area contributed by atoms with Crippen molar-refractivity contribution in [2.24, 2.45) is 7.05 Å². The van der Waals surface area contributed by atoms with Crippen molar-refractivity contribution >= 4 is 5.97 Å². The Kier molecular flexibility index (Phi) is 4.48. The van der Waals surface area contributed by atoms with Crippen LogP contribution in [0.1, 0.15) is 34.5 Å². The Balaban J connectivity index is 2.29. The van der Waals surface area contributed by atoms with Crippen molar-refractivity contribution in [3.05, 3.63) is 47.5 Å². The summed E-state index contributed by atoms with van der Waals surface area (Å²) in [4.78, 5) is 15.9. The van der Waals surface area contributed by atoms with Crippen LogP contribution in [-0.4, -0.2) is 26.9 Å². The molecule has 0 bridgehead atoms. The lowest BCUT2D eigenvalue weighted by Crippen LogP contribution is -2.26. The number of hydrogen-bond acceptors (Lipinski definition) is 4. The average Bonchev–Trinajstić information content (AvgIpc) is 2.89. The van der Waals surface area contributed by atoms with E-state index in [1.54, 1.807) is 6.92 Å². The van der Waals surface area contributed by atoms with Gasteiger partial charge in [-0.15, -0.1) is 0 Å². The second kappa shape index (κ2) is 6.17. The largest absolute Gasteiger partial charge is 0.444 e. The minimum absolute atomic E-state index is 0.0793. The van der Waals surface area contributed by atoms with E-state index >= 15 is 0 Å². The minimum Gasteiger partial charge on any atom is -0.444 e. The second-order valence-electron chi connectivity index (χ2n) is 4.66. The number of rotatable bonds is 4. The Morgan fingerprint density at radius 1 is 1.41 bits per heavy atom. The molecular weight excluding hydrogens is 299 g/mol. The number of hydrogen-bond donors (Lipinski definition) is 0. The predicted molar refractivity (Wildman–Crippen MR) is 71.0 cm³/mol. The summed E-state index contributed by atoms with van der Waals surface area (Å²) in [6.07, 6.45) is -1.66. The Morgan fingerprint density at radius 3 is 2.68 bits per heavy atom. The number of esters is 1. The number of aromatic nitrogens is 3. The maximum atomic E-state index is 13.1. The summed E-state index contributed by atoms with van der Waals surface area (Å²) in [5.41, 5.74) is 0.380. The quantitative estimate of drug-likeness (QED) is 0.815. The van der Waals surface area contributed by atoms with Gasteiger partial charge in [0.05, 0.1) is 11.8 Å². The van der Waals surface area contributed by atoms with E-state index in [2.05, 4.69) is 10.1 Å². The van der Waals surface area contributed by atoms with Crippen LogP contribution < -0.4 is 0 Å². The summed E-state index contributed by atoms with van der Waals surface area (Å²) in [5.74, 6) is -1.04. The SMILES string of the molecule is CCc1cnccc1C(=O)O[C@H](c1cnn(C)c1)C(F)(F)F. The monoisotopic (exact) mass is 313 g/mol. The highest BCUT2D eigenvalue weighted by atomic mass is 19.4. The van der Waals surface area contributed by atoms with E-state index < -0.39 is 18.2 Å². The van der Waals surface area contributed by atoms with Crippen LogP contribution in [0, 0.1) is 0 Å². The van der Waals surface area contributed by atoms with Crippen molar-refractivity contribution < 1.29 is 22.7 Å². The first-order valence-electron chi connectivity index (χ1n) is 6.52. The van der Waals surface area contributed by atoms with E-state index in [-0.39, 0.29) is 11.1 Å². The van der Waals surface area contributed by atoms with Gasteiger partial charge in [-0.2, -0.15) is 18.3 Å². The molecule has 0 N–H and O–H groups in total. The molecule has 0 radical (unpaired) electrons. The van der Waals surface area contributed by atoms with Crippen LogP contribution in [0.25, 0.3) is 0 Å². The van der Waals surface area contributed by atoms with Gasteiger partial charge in [-0.1, -0.05) is 6.92 Å². The van der Waals surface area contributed by atoms with Crippen LogP contribution >= 0.6 is 0 Å². The summed E-state index contributed by atoms with van der Waals surface area (Å²) < 4.78 is 45.4. The normalized spacial score (nSPS) is 13.0. The molecule has 0 unspecified atom stereocenters. The lowest BCUT2D eigenvalue weighted by Gasteiger charge is -2.20. The Hall–Kier alpha value is -2.38. The zero-order valence-corrected chi connectivity index (χ0v) is 12.0. The maximum absolute atomic E-state index is 13.1. The third kappa shape index (κ3) is 3.44. The molecule has 2 aromatic heterocycles. The number of aryl methyl sites for hydroxylation is 2. The van der Waals surface area contributed by atoms with Crippen LogP contribution in [0.2, 0.25) is 0 Å². The molecule has 0 amide bonds. The summed E-state index contributed by atoms with van der Waals surface area (Å²) in [6.45, 7) is 1.77. The standard InChI is InChI=1S/C14H14F3N3O2/c1-3-9-6-18-5-4-11(9)13(21)22-12(14(15,16)17)10-7-19-20(2)8-10/h4-8,12H,3H2,1-2H3/t12-/m1/s1. The molecule has 0 aliphatic rings. The van der Waals surface area contributed by atoms with Gasteiger partial charge < -0.3 is 4.74 Å². The van der Waals surface area contributed by atoms with Gasteiger partial charge in [0.25, 0.3) is 0 Å². The number of nitrogens with zero attached hydrogens (tertiary/aromatic N) is 3. The molecule has 0 aromatic carbocycles. The third-order valence-corrected chi connectivity index (χ3v) is 3.05. The summed E-state index contributed by atoms with van der Waals surface area (Å²) in [5, 5.41) is 3.68. The summed E-state index contributed by atoms with van der Waals surface area (Å²) >= 11 is 0. The van der Waals surface area contributed by atoms with Crippen LogP contribution in [0.5, 0.6) is 0 Å². The van der Waals surface area contributed by atoms with Gasteiger partial charge in [-0.3, -0.25) is 9.67 Å². The zero-order valence-electron chi connectivity index (χ0n) is 12.0. The molecule has 5 nitrogen and oxygen atoms in total. The van der Waals surface area contributed by atoms with Crippen LogP contribution in [-0.2, 0) is 18.2 Å². The number of ether oxygens (including phenoxy) is 1. The lowest BCUT2D eigenvalue weighted by atomic mass is 10.1. The van der Waals surface area contributed by atoms with Crippen LogP contribution in [0.3, 0.4) is 0 Å². The van der Waals surface area contributed by atoms with Gasteiger partial charge in [0.1, 0.15) is 0 Å². The average molecular weight is 313 g/mol. The fourth-order valence-electron chi connectivity index (χ4n) is 1.98. The van der Waals surface area contributed by atoms with Gasteiger partial charge in [0.2, 0.25) is 6.10 Å². The number of carbonyl (C=O) groups excluding carboxylic acids is 1. The Morgan fingerprint density at radius 2 is 2.14 bits per heavy atom. The van der Waals surface area contributed by atoms with Crippen LogP contribution in [0.4, 0.5) is 13.2 Å². The first-order valence-corrected chi connectivity index (χ1v) is 6.52. The smallest absolute Gasteiger partial charge is 0.429 e. The molecule has 0 aliphatic heterocycles. The van der Waals surface area contributed by atoms with E-state index in [0.29, 0.717) is 12.0 Å². The maximum Gasteiger partial charge on any atom is 0.429 e. The van der Waals surface area contributed by atoms with E-state index in [1.807, 2.05) is 0 Å². The molecule has 0 saturated heterocycles. The Labute approximate surface area is 124 Å². The molecule has 0 spiro atoms. The van der Waals surface area contributed by atoms with Gasteiger partial charge in [-0.05, 0) is 18.1 Å². The molecule has 22 heavy (non-hydrogen) atoms. The fraction of sp³-hybridized carbons (Fsp3) is 0.357. The second-order valence-corrected chi connectivity index (χ2v) is 4.66. The van der Waals surface area contributed by atoms with Gasteiger partial charge >= 0.3 is 12.1 Å². The number of alkyl halides is 3. The summed E-state index contributed by atoms with van der Waals surface area (Å²) in [7, 11) is 1.48. The molecule has 0 saturated carbocycles. The molecule has 0 fully saturated rings. The van der Waals surface area contributed by atoms with Crippen molar-refractivity contribution in [3.8, 4) is 0 Å². The topological polar surface area (TPSA) is 57.0 Å². The minimum atomic E-state index is -4.72. The van der Waals surface area contributed by atoms with Crippen molar-refractivity contribution in [2.45, 2.75) is 25.6 Å². The molecular formula is C14H14F3N3O2. The fourth-order valence-corrected chi connectivity index (χ4v) is 1.98. The molecule has 1 atom stereocenters. The summed E-state index contributed by atoms with van der Waals surface area (Å²) in [6, 6.07) is 1.35. The highest BCUT2D eigenvalue weighted by Crippen LogP contribution is 2.36. The van der Waals surface area contributed by atoms with Crippen molar-refractivity contribution in [1.82, 2.24) is 14.8 Å². The van der Waals surface area contributed by atoms with Gasteiger partial charge in [0.15, 0.2) is 0 Å². The highest BCUT2D eigenvalue weighted by Gasteiger charge is 2.45. The lowest BCUT2D eigenvalue weighted by molar-refractivity contribution is -0.207. The number of pyridine rings is 1. The van der Waals surface area contributed by atoms with E-state index in [9.17, 15) is 18.0 Å². The molecule has 2 rings (SSSR count). The third-order valence-electron chi connectivity index (χ3n) is 3.05. The number of halogens is 3. The van der Waals surface area contributed by atoms with Crippen molar-refractivity contribution in [2.75, 3.05) is 0 Å². The molecule has 2 heterocycles. The predicted octanol–water partition coefficient (Wildman–Crippen LogP) is 2.84. The van der Waals surface area contributed by atoms with E-state index in [1.165, 1.54) is 36.4 Å². The first-order chi connectivity index (χ1) is 10.3. The molecule has 8 heteroatoms. The number of carbonyl (C=O) groups is 1. The molecule has 0 aliphatic carbocycles. The molecule has 2 aromatic rings.